The Hall–Kier alpha value is -3.18. The van der Waals surface area contributed by atoms with Crippen molar-refractivity contribution in [2.45, 2.75) is 19.4 Å². The third-order valence-corrected chi connectivity index (χ3v) is 5.68. The number of hydrogen-bond donors (Lipinski definition) is 1. The molecular formula is C23H19NO3S. The summed E-state index contributed by atoms with van der Waals surface area (Å²) >= 11 is 1.64. The zero-order valence-electron chi connectivity index (χ0n) is 15.3. The average Bonchev–Trinajstić information content (AvgIpc) is 3.15. The van der Waals surface area contributed by atoms with Crippen molar-refractivity contribution in [1.82, 2.24) is 4.98 Å². The second-order valence-electron chi connectivity index (χ2n) is 6.57. The van der Waals surface area contributed by atoms with Crippen LogP contribution in [0, 0.1) is 0 Å². The Bertz CT molecular complexity index is 1070. The Balaban J connectivity index is 1.42. The molecule has 1 atom stereocenters. The van der Waals surface area contributed by atoms with Crippen LogP contribution in [0.1, 0.15) is 23.4 Å². The van der Waals surface area contributed by atoms with Crippen LogP contribution in [0.15, 0.2) is 72.8 Å². The molecule has 1 N–H and O–H groups in total. The molecule has 4 rings (SSSR count). The summed E-state index contributed by atoms with van der Waals surface area (Å²) in [6, 6.07) is 23.6. The lowest BCUT2D eigenvalue weighted by molar-refractivity contribution is -0.138. The van der Waals surface area contributed by atoms with Crippen molar-refractivity contribution in [3.8, 4) is 16.9 Å². The molecule has 0 aliphatic carbocycles. The lowest BCUT2D eigenvalue weighted by atomic mass is 9.98. The van der Waals surface area contributed by atoms with Crippen molar-refractivity contribution in [2.24, 2.45) is 0 Å². The Morgan fingerprint density at radius 3 is 2.29 bits per heavy atom. The molecule has 0 aliphatic rings. The number of para-hydroxylation sites is 1. The molecule has 4 aromatic rings. The molecule has 0 spiro atoms. The van der Waals surface area contributed by atoms with E-state index in [0.29, 0.717) is 6.61 Å². The summed E-state index contributed by atoms with van der Waals surface area (Å²) in [6.07, 6.45) is 0. The lowest BCUT2D eigenvalue weighted by Crippen LogP contribution is -2.06. The van der Waals surface area contributed by atoms with Crippen molar-refractivity contribution in [2.75, 3.05) is 0 Å². The first-order valence-corrected chi connectivity index (χ1v) is 9.82. The number of rotatable bonds is 6. The molecule has 0 saturated carbocycles. The number of thiazole rings is 1. The van der Waals surface area contributed by atoms with Gasteiger partial charge < -0.3 is 9.84 Å². The summed E-state index contributed by atoms with van der Waals surface area (Å²) in [4.78, 5) is 15.7. The third kappa shape index (κ3) is 3.89. The van der Waals surface area contributed by atoms with E-state index in [1.165, 1.54) is 0 Å². The maximum absolute atomic E-state index is 11.1. The van der Waals surface area contributed by atoms with E-state index >= 15 is 0 Å². The van der Waals surface area contributed by atoms with E-state index in [9.17, 15) is 4.79 Å². The molecule has 28 heavy (non-hydrogen) atoms. The predicted octanol–water partition coefficient (Wildman–Crippen LogP) is 5.73. The van der Waals surface area contributed by atoms with Gasteiger partial charge in [0.05, 0.1) is 16.1 Å². The molecule has 0 saturated heterocycles. The first-order chi connectivity index (χ1) is 13.6. The van der Waals surface area contributed by atoms with Crippen LogP contribution in [-0.2, 0) is 11.4 Å². The Morgan fingerprint density at radius 2 is 1.64 bits per heavy atom. The molecule has 0 fully saturated rings. The zero-order valence-corrected chi connectivity index (χ0v) is 16.1. The summed E-state index contributed by atoms with van der Waals surface area (Å²) < 4.78 is 7.04. The van der Waals surface area contributed by atoms with Gasteiger partial charge >= 0.3 is 5.97 Å². The van der Waals surface area contributed by atoms with Gasteiger partial charge in [0.25, 0.3) is 0 Å². The molecule has 1 aromatic heterocycles. The summed E-state index contributed by atoms with van der Waals surface area (Å²) in [6.45, 7) is 2.13. The maximum atomic E-state index is 11.1. The van der Waals surface area contributed by atoms with Gasteiger partial charge in [0, 0.05) is 0 Å². The van der Waals surface area contributed by atoms with Crippen LogP contribution in [0.2, 0.25) is 0 Å². The maximum Gasteiger partial charge on any atom is 0.310 e. The minimum Gasteiger partial charge on any atom is -0.486 e. The van der Waals surface area contributed by atoms with Crippen molar-refractivity contribution in [1.29, 1.82) is 0 Å². The first-order valence-electron chi connectivity index (χ1n) is 9.00. The van der Waals surface area contributed by atoms with Gasteiger partial charge in [0.15, 0.2) is 0 Å². The van der Waals surface area contributed by atoms with Gasteiger partial charge in [-0.3, -0.25) is 4.79 Å². The van der Waals surface area contributed by atoms with Gasteiger partial charge in [0.2, 0.25) is 0 Å². The van der Waals surface area contributed by atoms with Gasteiger partial charge in [-0.15, -0.1) is 11.3 Å². The highest BCUT2D eigenvalue weighted by molar-refractivity contribution is 7.18. The van der Waals surface area contributed by atoms with E-state index in [1.807, 2.05) is 66.7 Å². The highest BCUT2D eigenvalue weighted by atomic mass is 32.1. The van der Waals surface area contributed by atoms with E-state index in [1.54, 1.807) is 18.3 Å². The van der Waals surface area contributed by atoms with Gasteiger partial charge in [-0.2, -0.15) is 0 Å². The number of carboxylic acid groups (broad SMARTS) is 1. The van der Waals surface area contributed by atoms with Gasteiger partial charge in [0.1, 0.15) is 17.4 Å². The van der Waals surface area contributed by atoms with E-state index < -0.39 is 11.9 Å². The van der Waals surface area contributed by atoms with Crippen LogP contribution in [-0.4, -0.2) is 16.1 Å². The summed E-state index contributed by atoms with van der Waals surface area (Å²) in [5.74, 6) is -0.533. The van der Waals surface area contributed by atoms with Gasteiger partial charge in [-0.05, 0) is 47.9 Å². The number of aromatic nitrogens is 1. The monoisotopic (exact) mass is 389 g/mol. The Kier molecular flexibility index (Phi) is 5.08. The highest BCUT2D eigenvalue weighted by Crippen LogP contribution is 2.26. The van der Waals surface area contributed by atoms with Crippen LogP contribution >= 0.6 is 11.3 Å². The molecule has 0 radical (unpaired) electrons. The Morgan fingerprint density at radius 1 is 1.00 bits per heavy atom. The molecule has 0 aliphatic heterocycles. The number of hydrogen-bond acceptors (Lipinski definition) is 4. The number of fused-ring (bicyclic) bond motifs is 1. The fourth-order valence-corrected chi connectivity index (χ4v) is 3.86. The van der Waals surface area contributed by atoms with Crippen LogP contribution in [0.3, 0.4) is 0 Å². The van der Waals surface area contributed by atoms with Gasteiger partial charge in [-0.25, -0.2) is 4.98 Å². The molecule has 4 nitrogen and oxygen atoms in total. The molecule has 5 heteroatoms. The van der Waals surface area contributed by atoms with E-state index in [0.717, 1.165) is 37.7 Å². The summed E-state index contributed by atoms with van der Waals surface area (Å²) in [5.41, 5.74) is 3.90. The quantitative estimate of drug-likeness (QED) is 0.457. The molecule has 3 aromatic carbocycles. The standard InChI is InChI=1S/C23H19NO3S/c1-15(23(25)26)16-6-8-17(9-7-16)18-10-12-19(13-11-18)27-14-22-24-20-4-2-3-5-21(20)28-22/h2-13,15H,14H2,1H3,(H,25,26). The fourth-order valence-electron chi connectivity index (χ4n) is 2.98. The number of benzene rings is 3. The SMILES string of the molecule is CC(C(=O)O)c1ccc(-c2ccc(OCc3nc4ccccc4s3)cc2)cc1. The van der Waals surface area contributed by atoms with Crippen LogP contribution < -0.4 is 4.74 Å². The van der Waals surface area contributed by atoms with Crippen molar-refractivity contribution in [3.05, 3.63) is 83.4 Å². The molecule has 0 amide bonds. The van der Waals surface area contributed by atoms with Crippen LogP contribution in [0.25, 0.3) is 21.3 Å². The zero-order chi connectivity index (χ0) is 19.5. The molecular weight excluding hydrogens is 370 g/mol. The molecule has 1 unspecified atom stereocenters. The third-order valence-electron chi connectivity index (χ3n) is 4.67. The highest BCUT2D eigenvalue weighted by Gasteiger charge is 2.13. The summed E-state index contributed by atoms with van der Waals surface area (Å²) in [5, 5.41) is 10.1. The second-order valence-corrected chi connectivity index (χ2v) is 7.69. The van der Waals surface area contributed by atoms with Crippen molar-refractivity contribution < 1.29 is 14.6 Å². The average molecular weight is 389 g/mol. The molecule has 1 heterocycles. The van der Waals surface area contributed by atoms with Crippen molar-refractivity contribution >= 4 is 27.5 Å². The van der Waals surface area contributed by atoms with E-state index in [-0.39, 0.29) is 0 Å². The lowest BCUT2D eigenvalue weighted by Gasteiger charge is -2.09. The molecule has 0 bridgehead atoms. The number of nitrogens with zero attached hydrogens (tertiary/aromatic N) is 1. The predicted molar refractivity (Wildman–Crippen MR) is 112 cm³/mol. The number of carboxylic acids is 1. The van der Waals surface area contributed by atoms with Crippen molar-refractivity contribution in [3.63, 3.8) is 0 Å². The van der Waals surface area contributed by atoms with E-state index in [4.69, 9.17) is 9.84 Å². The first kappa shape index (κ1) is 18.2. The number of aliphatic carboxylic acids is 1. The summed E-state index contributed by atoms with van der Waals surface area (Å²) in [7, 11) is 0. The minimum atomic E-state index is -0.817. The normalized spacial score (nSPS) is 12.0. The van der Waals surface area contributed by atoms with Crippen LogP contribution in [0.4, 0.5) is 0 Å². The largest absolute Gasteiger partial charge is 0.486 e. The minimum absolute atomic E-state index is 0.445. The number of carbonyl (C=O) groups is 1. The van der Waals surface area contributed by atoms with Gasteiger partial charge in [-0.1, -0.05) is 48.5 Å². The van der Waals surface area contributed by atoms with E-state index in [2.05, 4.69) is 11.1 Å². The van der Waals surface area contributed by atoms with Crippen LogP contribution in [0.5, 0.6) is 5.75 Å². The second kappa shape index (κ2) is 7.82. The topological polar surface area (TPSA) is 59.4 Å². The smallest absolute Gasteiger partial charge is 0.310 e. The number of ether oxygens (including phenoxy) is 1. The fraction of sp³-hybridized carbons (Fsp3) is 0.130. The Labute approximate surface area is 167 Å². The molecule has 140 valence electrons.